The first-order chi connectivity index (χ1) is 12.1. The van der Waals surface area contributed by atoms with E-state index in [1.54, 1.807) is 31.4 Å². The topological polar surface area (TPSA) is 76.7 Å². The lowest BCUT2D eigenvalue weighted by Gasteiger charge is -2.09. The minimum Gasteiger partial charge on any atom is -0.497 e. The maximum Gasteiger partial charge on any atom is 0.242 e. The standard InChI is InChI=1S/C19H22N2O4/c1-14-3-7-17(8-4-14)25-12-11-18(22)20-21-19(23)13-15-5-9-16(24-2)10-6-15/h3-10H,11-13H2,1-2H3,(H,20,22)(H,21,23). The molecule has 0 radical (unpaired) electrons. The number of hydrogen-bond donors (Lipinski definition) is 2. The number of benzene rings is 2. The number of aryl methyl sites for hydroxylation is 1. The van der Waals surface area contributed by atoms with Crippen LogP contribution in [0.5, 0.6) is 11.5 Å². The third kappa shape index (κ3) is 6.55. The lowest BCUT2D eigenvalue weighted by molar-refractivity contribution is -0.128. The van der Waals surface area contributed by atoms with Crippen molar-refractivity contribution in [2.45, 2.75) is 19.8 Å². The molecule has 6 nitrogen and oxygen atoms in total. The molecule has 0 heterocycles. The van der Waals surface area contributed by atoms with Crippen LogP contribution in [0.3, 0.4) is 0 Å². The van der Waals surface area contributed by atoms with Gasteiger partial charge in [-0.15, -0.1) is 0 Å². The summed E-state index contributed by atoms with van der Waals surface area (Å²) < 4.78 is 10.5. The van der Waals surface area contributed by atoms with Gasteiger partial charge in [-0.05, 0) is 36.8 Å². The molecule has 0 aromatic heterocycles. The van der Waals surface area contributed by atoms with E-state index in [-0.39, 0.29) is 31.3 Å². The largest absolute Gasteiger partial charge is 0.497 e. The highest BCUT2D eigenvalue weighted by molar-refractivity contribution is 5.83. The van der Waals surface area contributed by atoms with E-state index in [1.165, 1.54) is 0 Å². The first-order valence-corrected chi connectivity index (χ1v) is 7.97. The van der Waals surface area contributed by atoms with Crippen molar-refractivity contribution < 1.29 is 19.1 Å². The number of carbonyl (C=O) groups is 2. The lowest BCUT2D eigenvalue weighted by Crippen LogP contribution is -2.42. The first kappa shape index (κ1) is 18.3. The molecule has 2 rings (SSSR count). The summed E-state index contributed by atoms with van der Waals surface area (Å²) in [5.41, 5.74) is 6.74. The quantitative estimate of drug-likeness (QED) is 0.756. The van der Waals surface area contributed by atoms with Crippen molar-refractivity contribution in [1.82, 2.24) is 10.9 Å². The highest BCUT2D eigenvalue weighted by Crippen LogP contribution is 2.12. The van der Waals surface area contributed by atoms with Crippen LogP contribution in [0.1, 0.15) is 17.5 Å². The number of carbonyl (C=O) groups excluding carboxylic acids is 2. The van der Waals surface area contributed by atoms with Crippen molar-refractivity contribution >= 4 is 11.8 Å². The Morgan fingerprint density at radius 3 is 2.12 bits per heavy atom. The Kier molecular flexibility index (Phi) is 6.83. The summed E-state index contributed by atoms with van der Waals surface area (Å²) >= 11 is 0. The summed E-state index contributed by atoms with van der Waals surface area (Å²) in [6, 6.07) is 14.7. The Bertz CT molecular complexity index is 696. The second-order valence-electron chi connectivity index (χ2n) is 5.53. The van der Waals surface area contributed by atoms with E-state index in [9.17, 15) is 9.59 Å². The van der Waals surface area contributed by atoms with E-state index in [0.717, 1.165) is 16.9 Å². The van der Waals surface area contributed by atoms with Crippen LogP contribution in [-0.2, 0) is 16.0 Å². The number of ether oxygens (including phenoxy) is 2. The van der Waals surface area contributed by atoms with Gasteiger partial charge in [-0.2, -0.15) is 0 Å². The number of hydrazine groups is 1. The molecule has 0 bridgehead atoms. The molecular formula is C19H22N2O4. The Morgan fingerprint density at radius 2 is 1.48 bits per heavy atom. The van der Waals surface area contributed by atoms with Crippen molar-refractivity contribution in [1.29, 1.82) is 0 Å². The van der Waals surface area contributed by atoms with Crippen molar-refractivity contribution in [2.24, 2.45) is 0 Å². The predicted molar refractivity (Wildman–Crippen MR) is 94.3 cm³/mol. The molecule has 6 heteroatoms. The van der Waals surface area contributed by atoms with Crippen LogP contribution >= 0.6 is 0 Å². The number of rotatable bonds is 7. The molecule has 0 fully saturated rings. The number of amides is 2. The van der Waals surface area contributed by atoms with Gasteiger partial charge in [0.25, 0.3) is 0 Å². The highest BCUT2D eigenvalue weighted by atomic mass is 16.5. The van der Waals surface area contributed by atoms with Gasteiger partial charge in [0.05, 0.1) is 26.6 Å². The number of nitrogens with one attached hydrogen (secondary N) is 2. The summed E-state index contributed by atoms with van der Waals surface area (Å²) in [4.78, 5) is 23.5. The molecule has 0 unspecified atom stereocenters. The molecule has 0 spiro atoms. The number of hydrogen-bond acceptors (Lipinski definition) is 4. The van der Waals surface area contributed by atoms with E-state index < -0.39 is 0 Å². The Balaban J connectivity index is 1.64. The Morgan fingerprint density at radius 1 is 0.880 bits per heavy atom. The molecule has 0 saturated heterocycles. The summed E-state index contributed by atoms with van der Waals surface area (Å²) in [6.45, 7) is 2.23. The average molecular weight is 342 g/mol. The molecule has 2 N–H and O–H groups in total. The van der Waals surface area contributed by atoms with Gasteiger partial charge in [-0.25, -0.2) is 0 Å². The van der Waals surface area contributed by atoms with Crippen molar-refractivity contribution in [3.05, 3.63) is 59.7 Å². The zero-order valence-corrected chi connectivity index (χ0v) is 14.4. The van der Waals surface area contributed by atoms with Crippen LogP contribution in [0.15, 0.2) is 48.5 Å². The molecular weight excluding hydrogens is 320 g/mol. The lowest BCUT2D eigenvalue weighted by atomic mass is 10.1. The van der Waals surface area contributed by atoms with Crippen molar-refractivity contribution in [3.63, 3.8) is 0 Å². The monoisotopic (exact) mass is 342 g/mol. The van der Waals surface area contributed by atoms with Gasteiger partial charge in [-0.1, -0.05) is 29.8 Å². The Labute approximate surface area is 147 Å². The van der Waals surface area contributed by atoms with Gasteiger partial charge in [0.15, 0.2) is 0 Å². The Hall–Kier alpha value is -3.02. The second-order valence-corrected chi connectivity index (χ2v) is 5.53. The second kappa shape index (κ2) is 9.32. The molecule has 0 saturated carbocycles. The summed E-state index contributed by atoms with van der Waals surface area (Å²) in [6.07, 6.45) is 0.320. The average Bonchev–Trinajstić information content (AvgIpc) is 2.62. The molecule has 2 aromatic carbocycles. The summed E-state index contributed by atoms with van der Waals surface area (Å²) in [5.74, 6) is 0.834. The van der Waals surface area contributed by atoms with E-state index in [1.807, 2.05) is 31.2 Å². The van der Waals surface area contributed by atoms with Gasteiger partial charge in [0, 0.05) is 0 Å². The minimum absolute atomic E-state index is 0.149. The van der Waals surface area contributed by atoms with E-state index >= 15 is 0 Å². The molecule has 132 valence electrons. The number of methoxy groups -OCH3 is 1. The molecule has 0 aliphatic carbocycles. The van der Waals surface area contributed by atoms with Gasteiger partial charge < -0.3 is 9.47 Å². The smallest absolute Gasteiger partial charge is 0.242 e. The maximum absolute atomic E-state index is 11.8. The third-order valence-corrected chi connectivity index (χ3v) is 3.48. The van der Waals surface area contributed by atoms with Crippen LogP contribution in [-0.4, -0.2) is 25.5 Å². The maximum atomic E-state index is 11.8. The van der Waals surface area contributed by atoms with E-state index in [4.69, 9.17) is 9.47 Å². The molecule has 2 amide bonds. The fourth-order valence-electron chi connectivity index (χ4n) is 2.07. The first-order valence-electron chi connectivity index (χ1n) is 7.97. The van der Waals surface area contributed by atoms with E-state index in [2.05, 4.69) is 10.9 Å². The van der Waals surface area contributed by atoms with Crippen LogP contribution in [0.2, 0.25) is 0 Å². The van der Waals surface area contributed by atoms with Crippen LogP contribution in [0.4, 0.5) is 0 Å². The fraction of sp³-hybridized carbons (Fsp3) is 0.263. The summed E-state index contributed by atoms with van der Waals surface area (Å²) in [5, 5.41) is 0. The van der Waals surface area contributed by atoms with Gasteiger partial charge >= 0.3 is 0 Å². The van der Waals surface area contributed by atoms with Crippen LogP contribution in [0, 0.1) is 6.92 Å². The SMILES string of the molecule is COc1ccc(CC(=O)NNC(=O)CCOc2ccc(C)cc2)cc1. The van der Waals surface area contributed by atoms with Crippen molar-refractivity contribution in [2.75, 3.05) is 13.7 Å². The molecule has 0 aliphatic heterocycles. The molecule has 25 heavy (non-hydrogen) atoms. The zero-order chi connectivity index (χ0) is 18.1. The van der Waals surface area contributed by atoms with Crippen molar-refractivity contribution in [3.8, 4) is 11.5 Å². The molecule has 0 atom stereocenters. The van der Waals surface area contributed by atoms with Crippen LogP contribution < -0.4 is 20.3 Å². The third-order valence-electron chi connectivity index (χ3n) is 3.48. The van der Waals surface area contributed by atoms with Gasteiger partial charge in [0.1, 0.15) is 11.5 Å². The predicted octanol–water partition coefficient (Wildman–Crippen LogP) is 2.16. The van der Waals surface area contributed by atoms with Crippen LogP contribution in [0.25, 0.3) is 0 Å². The fourth-order valence-corrected chi connectivity index (χ4v) is 2.07. The normalized spacial score (nSPS) is 10.0. The van der Waals surface area contributed by atoms with Gasteiger partial charge in [-0.3, -0.25) is 20.4 Å². The van der Waals surface area contributed by atoms with E-state index in [0.29, 0.717) is 5.75 Å². The summed E-state index contributed by atoms with van der Waals surface area (Å²) in [7, 11) is 1.58. The molecule has 0 aliphatic rings. The van der Waals surface area contributed by atoms with Gasteiger partial charge in [0.2, 0.25) is 11.8 Å². The minimum atomic E-state index is -0.310. The highest BCUT2D eigenvalue weighted by Gasteiger charge is 2.06. The molecule has 2 aromatic rings. The zero-order valence-electron chi connectivity index (χ0n) is 14.4.